The Balaban J connectivity index is 1.81. The second-order valence-electron chi connectivity index (χ2n) is 10.4. The molecule has 1 N–H and O–H groups in total. The average molecular weight is 478 g/mol. The molecule has 3 atom stereocenters. The van der Waals surface area contributed by atoms with Crippen molar-refractivity contribution in [2.75, 3.05) is 18.1 Å². The fraction of sp³-hybridized carbons (Fsp3) is 0.625. The maximum absolute atomic E-state index is 13.3. The molecular formula is C24H35N3O5S. The fourth-order valence-electron chi connectivity index (χ4n) is 4.56. The lowest BCUT2D eigenvalue weighted by Gasteiger charge is -2.34. The number of carbonyl (C=O) groups is 3. The van der Waals surface area contributed by atoms with Crippen LogP contribution in [-0.2, 0) is 30.4 Å². The largest absolute Gasteiger partial charge is 0.334 e. The van der Waals surface area contributed by atoms with E-state index in [4.69, 9.17) is 0 Å². The third-order valence-electron chi connectivity index (χ3n) is 6.85. The van der Waals surface area contributed by atoms with E-state index in [1.807, 2.05) is 38.1 Å². The van der Waals surface area contributed by atoms with Gasteiger partial charge in [0.05, 0.1) is 11.5 Å². The van der Waals surface area contributed by atoms with Crippen LogP contribution in [0.25, 0.3) is 0 Å². The lowest BCUT2D eigenvalue weighted by Crippen LogP contribution is -2.51. The van der Waals surface area contributed by atoms with Crippen LogP contribution in [0.15, 0.2) is 24.3 Å². The van der Waals surface area contributed by atoms with Crippen LogP contribution < -0.4 is 5.32 Å². The number of carbonyl (C=O) groups excluding carboxylic acids is 3. The quantitative estimate of drug-likeness (QED) is 0.634. The molecule has 2 heterocycles. The molecule has 1 aromatic rings. The highest BCUT2D eigenvalue weighted by Gasteiger charge is 2.50. The van der Waals surface area contributed by atoms with Crippen molar-refractivity contribution in [2.24, 2.45) is 0 Å². The van der Waals surface area contributed by atoms with Crippen molar-refractivity contribution in [3.63, 3.8) is 0 Å². The highest BCUT2D eigenvalue weighted by molar-refractivity contribution is 7.91. The molecule has 2 saturated heterocycles. The molecule has 0 aromatic heterocycles. The molecule has 0 bridgehead atoms. The van der Waals surface area contributed by atoms with Crippen LogP contribution in [0, 0.1) is 0 Å². The van der Waals surface area contributed by atoms with Crippen molar-refractivity contribution in [3.8, 4) is 0 Å². The zero-order valence-corrected chi connectivity index (χ0v) is 21.2. The summed E-state index contributed by atoms with van der Waals surface area (Å²) in [7, 11) is -3.19. The van der Waals surface area contributed by atoms with Crippen molar-refractivity contribution in [1.82, 2.24) is 15.1 Å². The third kappa shape index (κ3) is 4.93. The summed E-state index contributed by atoms with van der Waals surface area (Å²) in [5.74, 6) is -0.945. The molecular weight excluding hydrogens is 442 g/mol. The van der Waals surface area contributed by atoms with Crippen LogP contribution in [0.2, 0.25) is 0 Å². The van der Waals surface area contributed by atoms with Crippen molar-refractivity contribution in [1.29, 1.82) is 0 Å². The Hall–Kier alpha value is -2.42. The number of hydrogen-bond acceptors (Lipinski definition) is 5. The first-order valence-corrected chi connectivity index (χ1v) is 13.3. The van der Waals surface area contributed by atoms with Gasteiger partial charge in [-0.15, -0.1) is 0 Å². The summed E-state index contributed by atoms with van der Waals surface area (Å²) in [6, 6.07) is 6.29. The minimum atomic E-state index is -3.19. The van der Waals surface area contributed by atoms with Crippen LogP contribution in [0.5, 0.6) is 0 Å². The zero-order chi connectivity index (χ0) is 24.8. The topological polar surface area (TPSA) is 104 Å². The second kappa shape index (κ2) is 8.74. The first kappa shape index (κ1) is 25.2. The smallest absolute Gasteiger partial charge is 0.325 e. The maximum atomic E-state index is 13.3. The standard InChI is InChI=1S/C24H35N3O5S/c1-7-16(2)27(19-12-13-33(31,32)15-19)20(28)14-26-21(29)24(6,25-22(26)30)18-10-8-17(9-11-18)23(3,4)5/h8-11,16,19H,7,12-15H2,1-6H3,(H,25,30)/t16-,19-,24-/m0/s1. The molecule has 0 unspecified atom stereocenters. The molecule has 2 aliphatic rings. The van der Waals surface area contributed by atoms with Crippen LogP contribution in [-0.4, -0.2) is 66.2 Å². The number of nitrogens with one attached hydrogen (secondary N) is 1. The van der Waals surface area contributed by atoms with Gasteiger partial charge in [0.15, 0.2) is 9.84 Å². The van der Waals surface area contributed by atoms with Gasteiger partial charge in [-0.2, -0.15) is 0 Å². The molecule has 0 saturated carbocycles. The van der Waals surface area contributed by atoms with E-state index in [1.165, 1.54) is 0 Å². The van der Waals surface area contributed by atoms with E-state index in [2.05, 4.69) is 26.1 Å². The van der Waals surface area contributed by atoms with Gasteiger partial charge in [-0.25, -0.2) is 13.2 Å². The van der Waals surface area contributed by atoms with E-state index in [1.54, 1.807) is 11.8 Å². The van der Waals surface area contributed by atoms with Gasteiger partial charge in [0.1, 0.15) is 12.1 Å². The molecule has 1 aromatic carbocycles. The van der Waals surface area contributed by atoms with E-state index in [0.717, 1.165) is 10.5 Å². The number of nitrogens with zero attached hydrogens (tertiary/aromatic N) is 2. The Morgan fingerprint density at radius 3 is 2.33 bits per heavy atom. The average Bonchev–Trinajstić information content (AvgIpc) is 3.19. The number of urea groups is 1. The van der Waals surface area contributed by atoms with E-state index >= 15 is 0 Å². The molecule has 0 aliphatic carbocycles. The molecule has 2 aliphatic heterocycles. The number of benzene rings is 1. The van der Waals surface area contributed by atoms with Crippen LogP contribution in [0.1, 0.15) is 65.5 Å². The first-order chi connectivity index (χ1) is 15.2. The van der Waals surface area contributed by atoms with E-state index in [-0.39, 0.29) is 23.0 Å². The summed E-state index contributed by atoms with van der Waals surface area (Å²) < 4.78 is 24.0. The van der Waals surface area contributed by atoms with Gasteiger partial charge < -0.3 is 10.2 Å². The summed E-state index contributed by atoms with van der Waals surface area (Å²) in [6.45, 7) is 11.3. The predicted octanol–water partition coefficient (Wildman–Crippen LogP) is 2.57. The Morgan fingerprint density at radius 2 is 1.85 bits per heavy atom. The minimum absolute atomic E-state index is 0.0453. The number of hydrogen-bond donors (Lipinski definition) is 1. The highest BCUT2D eigenvalue weighted by atomic mass is 32.2. The summed E-state index contributed by atoms with van der Waals surface area (Å²) in [5, 5.41) is 2.75. The summed E-state index contributed by atoms with van der Waals surface area (Å²) >= 11 is 0. The number of sulfone groups is 1. The zero-order valence-electron chi connectivity index (χ0n) is 20.3. The molecule has 33 heavy (non-hydrogen) atoms. The summed E-state index contributed by atoms with van der Waals surface area (Å²) in [5.41, 5.74) is 0.429. The molecule has 4 amide bonds. The lowest BCUT2D eigenvalue weighted by molar-refractivity contribution is -0.141. The molecule has 9 heteroatoms. The number of rotatable bonds is 6. The molecule has 3 rings (SSSR count). The molecule has 2 fully saturated rings. The van der Waals surface area contributed by atoms with E-state index in [9.17, 15) is 22.8 Å². The van der Waals surface area contributed by atoms with Crippen molar-refractivity contribution in [2.45, 2.75) is 77.4 Å². The van der Waals surface area contributed by atoms with E-state index in [0.29, 0.717) is 18.4 Å². The van der Waals surface area contributed by atoms with Gasteiger partial charge in [0, 0.05) is 12.1 Å². The van der Waals surface area contributed by atoms with E-state index < -0.39 is 45.8 Å². The normalized spacial score (nSPS) is 25.8. The van der Waals surface area contributed by atoms with Crippen molar-refractivity contribution < 1.29 is 22.8 Å². The molecule has 0 spiro atoms. The van der Waals surface area contributed by atoms with Crippen LogP contribution in [0.4, 0.5) is 4.79 Å². The fourth-order valence-corrected chi connectivity index (χ4v) is 6.27. The predicted molar refractivity (Wildman–Crippen MR) is 126 cm³/mol. The number of amides is 4. The molecule has 182 valence electrons. The Labute approximate surface area is 196 Å². The van der Waals surface area contributed by atoms with Gasteiger partial charge in [0.2, 0.25) is 5.91 Å². The van der Waals surface area contributed by atoms with Gasteiger partial charge in [0.25, 0.3) is 5.91 Å². The number of imide groups is 1. The van der Waals surface area contributed by atoms with Crippen molar-refractivity contribution >= 4 is 27.7 Å². The summed E-state index contributed by atoms with van der Waals surface area (Å²) in [6.07, 6.45) is 1.01. The molecule has 8 nitrogen and oxygen atoms in total. The maximum Gasteiger partial charge on any atom is 0.325 e. The van der Waals surface area contributed by atoms with Crippen molar-refractivity contribution in [3.05, 3.63) is 35.4 Å². The molecule has 0 radical (unpaired) electrons. The van der Waals surface area contributed by atoms with Crippen LogP contribution >= 0.6 is 0 Å². The summed E-state index contributed by atoms with van der Waals surface area (Å²) in [4.78, 5) is 41.8. The third-order valence-corrected chi connectivity index (χ3v) is 8.60. The Kier molecular flexibility index (Phi) is 6.68. The van der Waals surface area contributed by atoms with Gasteiger partial charge in [-0.1, -0.05) is 52.0 Å². The van der Waals surface area contributed by atoms with Gasteiger partial charge >= 0.3 is 6.03 Å². The lowest BCUT2D eigenvalue weighted by atomic mass is 9.84. The highest BCUT2D eigenvalue weighted by Crippen LogP contribution is 2.31. The first-order valence-electron chi connectivity index (χ1n) is 11.5. The monoisotopic (exact) mass is 477 g/mol. The van der Waals surface area contributed by atoms with Gasteiger partial charge in [-0.3, -0.25) is 14.5 Å². The van der Waals surface area contributed by atoms with Crippen LogP contribution in [0.3, 0.4) is 0 Å². The minimum Gasteiger partial charge on any atom is -0.334 e. The SMILES string of the molecule is CC[C@H](C)N(C(=O)CN1C(=O)N[C@@](C)(c2ccc(C(C)(C)C)cc2)C1=O)[C@H]1CCS(=O)(=O)C1. The Morgan fingerprint density at radius 1 is 1.24 bits per heavy atom. The Bertz CT molecular complexity index is 1040. The van der Waals surface area contributed by atoms with Gasteiger partial charge in [-0.05, 0) is 43.2 Å². The second-order valence-corrected chi connectivity index (χ2v) is 12.6.